The van der Waals surface area contributed by atoms with Gasteiger partial charge in [-0.25, -0.2) is 0 Å². The summed E-state index contributed by atoms with van der Waals surface area (Å²) >= 11 is 0. The maximum Gasteiger partial charge on any atom is 0.243 e. The molecule has 0 spiro atoms. The van der Waals surface area contributed by atoms with Crippen molar-refractivity contribution in [2.24, 2.45) is 0 Å². The van der Waals surface area contributed by atoms with E-state index in [0.29, 0.717) is 25.9 Å². The second-order valence-electron chi connectivity index (χ2n) is 8.91. The van der Waals surface area contributed by atoms with Crippen molar-refractivity contribution in [3.05, 3.63) is 71.4 Å². The molecule has 2 aliphatic heterocycles. The molecular weight excluding hydrogens is 416 g/mol. The molecule has 172 valence electrons. The Labute approximate surface area is 193 Å². The number of nitrogens with one attached hydrogen (secondary N) is 4. The molecule has 2 amide bonds. The van der Waals surface area contributed by atoms with E-state index in [1.165, 1.54) is 11.1 Å². The van der Waals surface area contributed by atoms with E-state index in [1.54, 1.807) is 0 Å². The first-order chi connectivity index (χ1) is 16.2. The van der Waals surface area contributed by atoms with Crippen LogP contribution in [0.5, 0.6) is 0 Å². The SMILES string of the molecule is O=C(N[C@H](Cc1c[nH]c2ccccc12)C(=O)NC[C@@H]1CCCO1)[C@H]1Cc2ccccc2CN1. The highest BCUT2D eigenvalue weighted by atomic mass is 16.5. The molecule has 0 aliphatic carbocycles. The van der Waals surface area contributed by atoms with Crippen molar-refractivity contribution in [1.82, 2.24) is 20.9 Å². The van der Waals surface area contributed by atoms with Gasteiger partial charge in [-0.3, -0.25) is 9.59 Å². The van der Waals surface area contributed by atoms with Gasteiger partial charge in [0.15, 0.2) is 0 Å². The summed E-state index contributed by atoms with van der Waals surface area (Å²) in [5, 5.41) is 10.4. The number of rotatable bonds is 7. The summed E-state index contributed by atoms with van der Waals surface area (Å²) in [6.45, 7) is 1.85. The molecule has 0 bridgehead atoms. The van der Waals surface area contributed by atoms with E-state index < -0.39 is 6.04 Å². The second kappa shape index (κ2) is 9.77. The summed E-state index contributed by atoms with van der Waals surface area (Å²) in [7, 11) is 0. The number of benzene rings is 2. The Bertz CT molecular complexity index is 1140. The van der Waals surface area contributed by atoms with Gasteiger partial charge >= 0.3 is 0 Å². The maximum atomic E-state index is 13.2. The average molecular weight is 447 g/mol. The van der Waals surface area contributed by atoms with E-state index >= 15 is 0 Å². The van der Waals surface area contributed by atoms with Crippen LogP contribution in [-0.2, 0) is 33.7 Å². The summed E-state index contributed by atoms with van der Waals surface area (Å²) in [5.41, 5.74) is 4.41. The Morgan fingerprint density at radius 3 is 2.76 bits per heavy atom. The van der Waals surface area contributed by atoms with Crippen molar-refractivity contribution in [3.8, 4) is 0 Å². The summed E-state index contributed by atoms with van der Waals surface area (Å²) < 4.78 is 5.64. The predicted octanol–water partition coefficient (Wildman–Crippen LogP) is 2.20. The van der Waals surface area contributed by atoms with Crippen LogP contribution in [0.4, 0.5) is 0 Å². The zero-order chi connectivity index (χ0) is 22.6. The minimum atomic E-state index is -0.669. The highest BCUT2D eigenvalue weighted by molar-refractivity contribution is 5.91. The third-order valence-corrected chi connectivity index (χ3v) is 6.66. The number of carbonyl (C=O) groups is 2. The molecule has 0 unspecified atom stereocenters. The van der Waals surface area contributed by atoms with Crippen LogP contribution >= 0.6 is 0 Å². The van der Waals surface area contributed by atoms with Crippen molar-refractivity contribution in [2.75, 3.05) is 13.2 Å². The van der Waals surface area contributed by atoms with Crippen molar-refractivity contribution in [2.45, 2.75) is 50.4 Å². The van der Waals surface area contributed by atoms with Crippen LogP contribution in [0.25, 0.3) is 10.9 Å². The number of hydrogen-bond acceptors (Lipinski definition) is 4. The molecule has 0 radical (unpaired) electrons. The van der Waals surface area contributed by atoms with Gasteiger partial charge in [0.25, 0.3) is 0 Å². The van der Waals surface area contributed by atoms with Gasteiger partial charge in [0.2, 0.25) is 11.8 Å². The number of hydrogen-bond donors (Lipinski definition) is 4. The minimum Gasteiger partial charge on any atom is -0.376 e. The number of fused-ring (bicyclic) bond motifs is 2. The third kappa shape index (κ3) is 4.94. The van der Waals surface area contributed by atoms with Crippen molar-refractivity contribution < 1.29 is 14.3 Å². The lowest BCUT2D eigenvalue weighted by Gasteiger charge is -2.27. The molecule has 3 aromatic rings. The fourth-order valence-electron chi connectivity index (χ4n) is 4.78. The van der Waals surface area contributed by atoms with E-state index in [2.05, 4.69) is 33.1 Å². The van der Waals surface area contributed by atoms with E-state index in [-0.39, 0.29) is 24.0 Å². The molecular formula is C26H30N4O3. The second-order valence-corrected chi connectivity index (χ2v) is 8.91. The van der Waals surface area contributed by atoms with Crippen LogP contribution in [0.3, 0.4) is 0 Å². The minimum absolute atomic E-state index is 0.0508. The van der Waals surface area contributed by atoms with Crippen LogP contribution in [0.2, 0.25) is 0 Å². The molecule has 7 heteroatoms. The topological polar surface area (TPSA) is 95.2 Å². The molecule has 2 aromatic carbocycles. The smallest absolute Gasteiger partial charge is 0.243 e. The summed E-state index contributed by atoms with van der Waals surface area (Å²) in [6, 6.07) is 15.1. The highest BCUT2D eigenvalue weighted by Crippen LogP contribution is 2.20. The van der Waals surface area contributed by atoms with Gasteiger partial charge in [-0.1, -0.05) is 42.5 Å². The number of H-pyrrole nitrogens is 1. The first-order valence-electron chi connectivity index (χ1n) is 11.7. The fraction of sp³-hybridized carbons (Fsp3) is 0.385. The van der Waals surface area contributed by atoms with Crippen LogP contribution in [-0.4, -0.2) is 48.1 Å². The lowest BCUT2D eigenvalue weighted by molar-refractivity contribution is -0.130. The average Bonchev–Trinajstić information content (AvgIpc) is 3.52. The van der Waals surface area contributed by atoms with Gasteiger partial charge in [-0.15, -0.1) is 0 Å². The Hall–Kier alpha value is -3.16. The Kier molecular flexibility index (Phi) is 6.41. The molecule has 2 aliphatic rings. The molecule has 4 N–H and O–H groups in total. The third-order valence-electron chi connectivity index (χ3n) is 6.66. The van der Waals surface area contributed by atoms with Gasteiger partial charge < -0.3 is 25.7 Å². The molecule has 1 saturated heterocycles. The zero-order valence-electron chi connectivity index (χ0n) is 18.6. The number of amides is 2. The largest absolute Gasteiger partial charge is 0.376 e. The van der Waals surface area contributed by atoms with E-state index in [0.717, 1.165) is 35.9 Å². The monoisotopic (exact) mass is 446 g/mol. The number of aromatic amines is 1. The highest BCUT2D eigenvalue weighted by Gasteiger charge is 2.29. The van der Waals surface area contributed by atoms with Crippen molar-refractivity contribution >= 4 is 22.7 Å². The van der Waals surface area contributed by atoms with E-state index in [4.69, 9.17) is 4.74 Å². The maximum absolute atomic E-state index is 13.2. The molecule has 3 atom stereocenters. The molecule has 5 rings (SSSR count). The Morgan fingerprint density at radius 1 is 1.09 bits per heavy atom. The molecule has 1 aromatic heterocycles. The summed E-state index contributed by atoms with van der Waals surface area (Å²) in [5.74, 6) is -0.332. The van der Waals surface area contributed by atoms with Gasteiger partial charge in [0.1, 0.15) is 6.04 Å². The lowest BCUT2D eigenvalue weighted by atomic mass is 9.95. The van der Waals surface area contributed by atoms with E-state index in [1.807, 2.05) is 42.6 Å². The summed E-state index contributed by atoms with van der Waals surface area (Å²) in [6.07, 6.45) is 4.97. The number of aromatic nitrogens is 1. The van der Waals surface area contributed by atoms with Gasteiger partial charge in [0, 0.05) is 43.2 Å². The first kappa shape index (κ1) is 21.7. The van der Waals surface area contributed by atoms with Crippen molar-refractivity contribution in [3.63, 3.8) is 0 Å². The molecule has 33 heavy (non-hydrogen) atoms. The van der Waals surface area contributed by atoms with Crippen LogP contribution in [0, 0.1) is 0 Å². The van der Waals surface area contributed by atoms with Gasteiger partial charge in [0.05, 0.1) is 12.1 Å². The number of ether oxygens (including phenoxy) is 1. The Balaban J connectivity index is 1.30. The molecule has 3 heterocycles. The normalized spacial score (nSPS) is 20.8. The van der Waals surface area contributed by atoms with Crippen molar-refractivity contribution in [1.29, 1.82) is 0 Å². The number of para-hydroxylation sites is 1. The van der Waals surface area contributed by atoms with Crippen LogP contribution in [0.15, 0.2) is 54.7 Å². The quantitative estimate of drug-likeness (QED) is 0.448. The first-order valence-corrected chi connectivity index (χ1v) is 11.7. The van der Waals surface area contributed by atoms with Crippen LogP contribution in [0.1, 0.15) is 29.5 Å². The van der Waals surface area contributed by atoms with E-state index in [9.17, 15) is 9.59 Å². The molecule has 7 nitrogen and oxygen atoms in total. The molecule has 1 fully saturated rings. The standard InChI is InChI=1S/C26H30N4O3/c31-25(29-16-20-8-5-11-33-20)24(13-19-15-27-22-10-4-3-9-21(19)22)30-26(32)23-12-17-6-1-2-7-18(17)14-28-23/h1-4,6-7,9-10,15,20,23-24,27-28H,5,8,11-14,16H2,(H,29,31)(H,30,32)/t20-,23+,24+/m0/s1. The van der Waals surface area contributed by atoms with Gasteiger partial charge in [-0.2, -0.15) is 0 Å². The lowest BCUT2D eigenvalue weighted by Crippen LogP contribution is -2.55. The molecule has 0 saturated carbocycles. The number of carbonyl (C=O) groups excluding carboxylic acids is 2. The predicted molar refractivity (Wildman–Crippen MR) is 127 cm³/mol. The van der Waals surface area contributed by atoms with Gasteiger partial charge in [-0.05, 0) is 42.0 Å². The zero-order valence-corrected chi connectivity index (χ0v) is 18.6. The van der Waals surface area contributed by atoms with Crippen LogP contribution < -0.4 is 16.0 Å². The summed E-state index contributed by atoms with van der Waals surface area (Å²) in [4.78, 5) is 29.6. The fourth-order valence-corrected chi connectivity index (χ4v) is 4.78. The Morgan fingerprint density at radius 2 is 1.91 bits per heavy atom.